The Morgan fingerprint density at radius 3 is 2.11 bits per heavy atom. The second kappa shape index (κ2) is 9.23. The number of ether oxygens (including phenoxy) is 2. The Bertz CT molecular complexity index is 940. The average molecular weight is 376 g/mol. The lowest BCUT2D eigenvalue weighted by Gasteiger charge is -2.12. The standard InChI is InChI=1S/C22H20N2O4/c1-27-17-13-11-16(12-14-17)23-21(25)15-22(26)24-19-9-5-6-10-20(19)28-18-7-3-2-4-8-18/h2-14H,15H2,1H3,(H,23,25)(H,24,26). The topological polar surface area (TPSA) is 76.7 Å². The predicted molar refractivity (Wildman–Crippen MR) is 108 cm³/mol. The molecule has 0 saturated heterocycles. The van der Waals surface area contributed by atoms with E-state index >= 15 is 0 Å². The maximum absolute atomic E-state index is 12.3. The molecule has 0 heterocycles. The normalized spacial score (nSPS) is 10.0. The molecule has 2 amide bonds. The summed E-state index contributed by atoms with van der Waals surface area (Å²) in [6, 6.07) is 23.2. The fourth-order valence-corrected chi connectivity index (χ4v) is 2.49. The van der Waals surface area contributed by atoms with Crippen LogP contribution in [-0.2, 0) is 9.59 Å². The fourth-order valence-electron chi connectivity index (χ4n) is 2.49. The van der Waals surface area contributed by atoms with Crippen molar-refractivity contribution in [3.8, 4) is 17.2 Å². The first-order valence-electron chi connectivity index (χ1n) is 8.70. The highest BCUT2D eigenvalue weighted by Crippen LogP contribution is 2.29. The number of carbonyl (C=O) groups excluding carboxylic acids is 2. The van der Waals surface area contributed by atoms with Gasteiger partial charge in [-0.15, -0.1) is 0 Å². The van der Waals surface area contributed by atoms with E-state index in [2.05, 4.69) is 10.6 Å². The van der Waals surface area contributed by atoms with Crippen LogP contribution in [0.25, 0.3) is 0 Å². The van der Waals surface area contributed by atoms with Crippen LogP contribution in [-0.4, -0.2) is 18.9 Å². The number of benzene rings is 3. The Hall–Kier alpha value is -3.80. The quantitative estimate of drug-likeness (QED) is 0.597. The van der Waals surface area contributed by atoms with Gasteiger partial charge in [0.2, 0.25) is 11.8 Å². The monoisotopic (exact) mass is 376 g/mol. The van der Waals surface area contributed by atoms with Crippen LogP contribution in [0.4, 0.5) is 11.4 Å². The molecule has 3 aromatic rings. The summed E-state index contributed by atoms with van der Waals surface area (Å²) >= 11 is 0. The van der Waals surface area contributed by atoms with E-state index in [9.17, 15) is 9.59 Å². The van der Waals surface area contributed by atoms with E-state index in [1.807, 2.05) is 36.4 Å². The summed E-state index contributed by atoms with van der Waals surface area (Å²) in [4.78, 5) is 24.4. The highest BCUT2D eigenvalue weighted by molar-refractivity contribution is 6.08. The van der Waals surface area contributed by atoms with Gasteiger partial charge in [-0.1, -0.05) is 30.3 Å². The summed E-state index contributed by atoms with van der Waals surface area (Å²) in [5.74, 6) is 0.990. The van der Waals surface area contributed by atoms with Crippen molar-refractivity contribution < 1.29 is 19.1 Å². The second-order valence-corrected chi connectivity index (χ2v) is 5.91. The van der Waals surface area contributed by atoms with Crippen molar-refractivity contribution >= 4 is 23.2 Å². The molecule has 2 N–H and O–H groups in total. The zero-order valence-corrected chi connectivity index (χ0v) is 15.3. The molecule has 6 heteroatoms. The maximum Gasteiger partial charge on any atom is 0.233 e. The van der Waals surface area contributed by atoms with E-state index < -0.39 is 11.8 Å². The van der Waals surface area contributed by atoms with Gasteiger partial charge in [-0.05, 0) is 48.5 Å². The molecular weight excluding hydrogens is 356 g/mol. The molecule has 6 nitrogen and oxygen atoms in total. The molecule has 0 spiro atoms. The molecule has 0 atom stereocenters. The van der Waals surface area contributed by atoms with Crippen LogP contribution >= 0.6 is 0 Å². The third kappa shape index (κ3) is 5.35. The lowest BCUT2D eigenvalue weighted by Crippen LogP contribution is -2.21. The first kappa shape index (κ1) is 19.0. The minimum absolute atomic E-state index is 0.314. The van der Waals surface area contributed by atoms with Gasteiger partial charge in [-0.25, -0.2) is 0 Å². The zero-order valence-electron chi connectivity index (χ0n) is 15.3. The van der Waals surface area contributed by atoms with Gasteiger partial charge in [0.1, 0.15) is 17.9 Å². The summed E-state index contributed by atoms with van der Waals surface area (Å²) in [5, 5.41) is 5.40. The number of anilines is 2. The Labute approximate surface area is 163 Å². The van der Waals surface area contributed by atoms with Gasteiger partial charge in [0.15, 0.2) is 5.75 Å². The Balaban J connectivity index is 1.59. The molecule has 142 valence electrons. The molecule has 0 fully saturated rings. The minimum Gasteiger partial charge on any atom is -0.497 e. The number of methoxy groups -OCH3 is 1. The van der Waals surface area contributed by atoms with Gasteiger partial charge >= 0.3 is 0 Å². The van der Waals surface area contributed by atoms with Crippen molar-refractivity contribution in [1.29, 1.82) is 0 Å². The largest absolute Gasteiger partial charge is 0.497 e. The number of nitrogens with one attached hydrogen (secondary N) is 2. The van der Waals surface area contributed by atoms with Crippen LogP contribution in [0, 0.1) is 0 Å². The van der Waals surface area contributed by atoms with Crippen LogP contribution in [0.3, 0.4) is 0 Å². The number of hydrogen-bond acceptors (Lipinski definition) is 4. The summed E-state index contributed by atoms with van der Waals surface area (Å²) in [5.41, 5.74) is 1.08. The first-order chi connectivity index (χ1) is 13.6. The van der Waals surface area contributed by atoms with Gasteiger partial charge < -0.3 is 20.1 Å². The summed E-state index contributed by atoms with van der Waals surface area (Å²) < 4.78 is 10.9. The number of para-hydroxylation sites is 3. The number of rotatable bonds is 7. The Kier molecular flexibility index (Phi) is 6.25. The van der Waals surface area contributed by atoms with Crippen molar-refractivity contribution in [2.24, 2.45) is 0 Å². The van der Waals surface area contributed by atoms with Crippen molar-refractivity contribution in [3.05, 3.63) is 78.9 Å². The highest BCUT2D eigenvalue weighted by atomic mass is 16.5. The molecular formula is C22H20N2O4. The average Bonchev–Trinajstić information content (AvgIpc) is 2.70. The third-order valence-electron chi connectivity index (χ3n) is 3.83. The van der Waals surface area contributed by atoms with E-state index in [-0.39, 0.29) is 6.42 Å². The summed E-state index contributed by atoms with van der Waals surface area (Å²) in [6.07, 6.45) is -0.314. The molecule has 0 aromatic heterocycles. The molecule has 0 unspecified atom stereocenters. The van der Waals surface area contributed by atoms with Gasteiger partial charge in [0.25, 0.3) is 0 Å². The van der Waals surface area contributed by atoms with Crippen molar-refractivity contribution in [2.45, 2.75) is 6.42 Å². The number of hydrogen-bond donors (Lipinski definition) is 2. The van der Waals surface area contributed by atoms with E-state index in [1.54, 1.807) is 49.6 Å². The summed E-state index contributed by atoms with van der Waals surface area (Å²) in [6.45, 7) is 0. The van der Waals surface area contributed by atoms with Gasteiger partial charge in [-0.2, -0.15) is 0 Å². The van der Waals surface area contributed by atoms with Crippen LogP contribution in [0.2, 0.25) is 0 Å². The molecule has 0 aliphatic heterocycles. The zero-order chi connectivity index (χ0) is 19.8. The van der Waals surface area contributed by atoms with Crippen molar-refractivity contribution in [1.82, 2.24) is 0 Å². The first-order valence-corrected chi connectivity index (χ1v) is 8.70. The van der Waals surface area contributed by atoms with Crippen LogP contribution in [0.5, 0.6) is 17.2 Å². The molecule has 0 aliphatic carbocycles. The van der Waals surface area contributed by atoms with Crippen molar-refractivity contribution in [3.63, 3.8) is 0 Å². The van der Waals surface area contributed by atoms with Crippen LogP contribution < -0.4 is 20.1 Å². The Morgan fingerprint density at radius 2 is 1.39 bits per heavy atom. The van der Waals surface area contributed by atoms with Gasteiger partial charge in [0, 0.05) is 5.69 Å². The minimum atomic E-state index is -0.435. The smallest absolute Gasteiger partial charge is 0.233 e. The van der Waals surface area contributed by atoms with Crippen molar-refractivity contribution in [2.75, 3.05) is 17.7 Å². The van der Waals surface area contributed by atoms with Crippen LogP contribution in [0.1, 0.15) is 6.42 Å². The third-order valence-corrected chi connectivity index (χ3v) is 3.83. The molecule has 0 bridgehead atoms. The molecule has 28 heavy (non-hydrogen) atoms. The van der Waals surface area contributed by atoms with E-state index in [0.717, 1.165) is 0 Å². The predicted octanol–water partition coefficient (Wildman–Crippen LogP) is 4.45. The van der Waals surface area contributed by atoms with E-state index in [1.165, 1.54) is 0 Å². The highest BCUT2D eigenvalue weighted by Gasteiger charge is 2.13. The van der Waals surface area contributed by atoms with Crippen LogP contribution in [0.15, 0.2) is 78.9 Å². The Morgan fingerprint density at radius 1 is 0.750 bits per heavy atom. The molecule has 3 rings (SSSR count). The fraction of sp³-hybridized carbons (Fsp3) is 0.0909. The number of carbonyl (C=O) groups is 2. The number of amides is 2. The molecule has 0 radical (unpaired) electrons. The lowest BCUT2D eigenvalue weighted by molar-refractivity contribution is -0.123. The molecule has 0 aliphatic rings. The molecule has 0 saturated carbocycles. The van der Waals surface area contributed by atoms with Gasteiger partial charge in [-0.3, -0.25) is 9.59 Å². The maximum atomic E-state index is 12.3. The van der Waals surface area contributed by atoms with E-state index in [4.69, 9.17) is 9.47 Å². The van der Waals surface area contributed by atoms with E-state index in [0.29, 0.717) is 28.6 Å². The van der Waals surface area contributed by atoms with Gasteiger partial charge in [0.05, 0.1) is 12.8 Å². The lowest BCUT2D eigenvalue weighted by atomic mass is 10.2. The summed E-state index contributed by atoms with van der Waals surface area (Å²) in [7, 11) is 1.57. The molecule has 3 aromatic carbocycles. The second-order valence-electron chi connectivity index (χ2n) is 5.91. The SMILES string of the molecule is COc1ccc(NC(=O)CC(=O)Nc2ccccc2Oc2ccccc2)cc1.